The number of hydrogen-bond donors (Lipinski definition) is 1. The molecule has 1 aliphatic rings. The van der Waals surface area contributed by atoms with E-state index < -0.39 is 46.1 Å². The molecule has 0 radical (unpaired) electrons. The van der Waals surface area contributed by atoms with E-state index in [2.05, 4.69) is 0 Å². The lowest BCUT2D eigenvalue weighted by Gasteiger charge is -2.37. The number of anilines is 2. The molecular formula is C21H11Cl3F4N2O4S. The van der Waals surface area contributed by atoms with E-state index in [1.165, 1.54) is 18.2 Å². The second-order valence-electron chi connectivity index (χ2n) is 7.32. The minimum atomic E-state index is -5.20. The minimum absolute atomic E-state index is 0.0309. The molecule has 0 saturated carbocycles. The summed E-state index contributed by atoms with van der Waals surface area (Å²) in [5.41, 5.74) is -2.42. The average Bonchev–Trinajstić information content (AvgIpc) is 2.72. The van der Waals surface area contributed by atoms with Gasteiger partial charge in [0.05, 0.1) is 38.6 Å². The summed E-state index contributed by atoms with van der Waals surface area (Å²) in [6.07, 6.45) is -4.91. The number of rotatable bonds is 3. The standard InChI is InChI=1S/C21H11Cl3F4N2O4S/c22-15-2-1-3-16(23)19(15)30-18-7-10(21(26,27)28)6-13(12-5-4-11(25)8-17(12)24)14(18)9-29(20(30)31)35(32,33)34/h1-8H,9H2,(H,32,33,34). The molecule has 2 amide bonds. The second kappa shape index (κ2) is 8.82. The highest BCUT2D eigenvalue weighted by molar-refractivity contribution is 7.84. The molecular weight excluding hydrogens is 559 g/mol. The monoisotopic (exact) mass is 568 g/mol. The number of carbonyl (C=O) groups excluding carboxylic acids is 1. The molecule has 14 heteroatoms. The van der Waals surface area contributed by atoms with Crippen molar-refractivity contribution < 1.29 is 35.3 Å². The molecule has 3 aromatic carbocycles. The maximum absolute atomic E-state index is 13.9. The van der Waals surface area contributed by atoms with Crippen molar-refractivity contribution in [2.24, 2.45) is 0 Å². The molecule has 0 spiro atoms. The normalized spacial score (nSPS) is 14.3. The zero-order chi connectivity index (χ0) is 25.9. The number of nitrogens with zero attached hydrogens (tertiary/aromatic N) is 2. The maximum Gasteiger partial charge on any atom is 0.416 e. The van der Waals surface area contributed by atoms with Crippen molar-refractivity contribution in [1.82, 2.24) is 4.31 Å². The van der Waals surface area contributed by atoms with Crippen LogP contribution in [0.4, 0.5) is 33.7 Å². The molecule has 0 aliphatic carbocycles. The maximum atomic E-state index is 13.9. The average molecular weight is 570 g/mol. The molecule has 184 valence electrons. The van der Waals surface area contributed by atoms with E-state index in [4.69, 9.17) is 34.8 Å². The van der Waals surface area contributed by atoms with Crippen molar-refractivity contribution in [2.75, 3.05) is 4.90 Å². The Morgan fingerprint density at radius 2 is 1.54 bits per heavy atom. The van der Waals surface area contributed by atoms with Gasteiger partial charge in [0.1, 0.15) is 5.82 Å². The van der Waals surface area contributed by atoms with Gasteiger partial charge in [0.2, 0.25) is 0 Å². The van der Waals surface area contributed by atoms with Crippen LogP contribution < -0.4 is 4.90 Å². The zero-order valence-corrected chi connectivity index (χ0v) is 20.0. The van der Waals surface area contributed by atoms with Gasteiger partial charge in [-0.1, -0.05) is 40.9 Å². The lowest BCUT2D eigenvalue weighted by Crippen LogP contribution is -2.47. The summed E-state index contributed by atoms with van der Waals surface area (Å²) in [7, 11) is -5.20. The van der Waals surface area contributed by atoms with Crippen molar-refractivity contribution in [3.63, 3.8) is 0 Å². The fraction of sp³-hybridized carbons (Fsp3) is 0.0952. The largest absolute Gasteiger partial charge is 0.416 e. The molecule has 1 aliphatic heterocycles. The molecule has 1 heterocycles. The van der Waals surface area contributed by atoms with Crippen molar-refractivity contribution >= 4 is 62.5 Å². The number of fused-ring (bicyclic) bond motifs is 1. The number of para-hydroxylation sites is 1. The Balaban J connectivity index is 2.15. The quantitative estimate of drug-likeness (QED) is 0.264. The summed E-state index contributed by atoms with van der Waals surface area (Å²) in [4.78, 5) is 13.8. The first-order chi connectivity index (χ1) is 16.2. The van der Waals surface area contributed by atoms with Crippen LogP contribution in [0.1, 0.15) is 11.1 Å². The first kappa shape index (κ1) is 25.5. The number of carbonyl (C=O) groups is 1. The van der Waals surface area contributed by atoms with Gasteiger partial charge in [0.25, 0.3) is 0 Å². The van der Waals surface area contributed by atoms with E-state index in [0.29, 0.717) is 17.0 Å². The topological polar surface area (TPSA) is 77.9 Å². The summed E-state index contributed by atoms with van der Waals surface area (Å²) >= 11 is 18.5. The van der Waals surface area contributed by atoms with Gasteiger partial charge in [-0.3, -0.25) is 9.45 Å². The summed E-state index contributed by atoms with van der Waals surface area (Å²) in [6, 6.07) is 6.77. The molecule has 0 fully saturated rings. The van der Waals surface area contributed by atoms with Crippen LogP contribution in [0.15, 0.2) is 48.5 Å². The first-order valence-electron chi connectivity index (χ1n) is 9.43. The molecule has 4 rings (SSSR count). The predicted octanol–water partition coefficient (Wildman–Crippen LogP) is 7.35. The number of halogens is 7. The van der Waals surface area contributed by atoms with Crippen molar-refractivity contribution in [3.8, 4) is 11.1 Å². The predicted molar refractivity (Wildman–Crippen MR) is 123 cm³/mol. The Hall–Kier alpha value is -2.57. The third-order valence-corrected chi connectivity index (χ3v) is 6.93. The summed E-state index contributed by atoms with van der Waals surface area (Å²) < 4.78 is 89.1. The molecule has 0 unspecified atom stereocenters. The van der Waals surface area contributed by atoms with Crippen LogP contribution in [-0.2, 0) is 23.0 Å². The van der Waals surface area contributed by atoms with Gasteiger partial charge in [-0.2, -0.15) is 25.9 Å². The fourth-order valence-corrected chi connectivity index (χ4v) is 5.07. The summed E-state index contributed by atoms with van der Waals surface area (Å²) in [5.74, 6) is -0.765. The van der Waals surface area contributed by atoms with Gasteiger partial charge in [-0.25, -0.2) is 9.18 Å². The molecule has 0 saturated heterocycles. The summed E-state index contributed by atoms with van der Waals surface area (Å²) in [5, 5.41) is -0.648. The van der Waals surface area contributed by atoms with Gasteiger partial charge in [0.15, 0.2) is 0 Å². The number of urea groups is 1. The van der Waals surface area contributed by atoms with E-state index in [1.807, 2.05) is 0 Å². The second-order valence-corrected chi connectivity index (χ2v) is 9.87. The van der Waals surface area contributed by atoms with E-state index >= 15 is 0 Å². The highest BCUT2D eigenvalue weighted by Gasteiger charge is 2.42. The van der Waals surface area contributed by atoms with E-state index in [-0.39, 0.29) is 41.8 Å². The summed E-state index contributed by atoms with van der Waals surface area (Å²) in [6.45, 7) is -0.854. The Labute approximate surface area is 211 Å². The third-order valence-electron chi connectivity index (χ3n) is 5.16. The van der Waals surface area contributed by atoms with Crippen LogP contribution in [0.25, 0.3) is 11.1 Å². The van der Waals surface area contributed by atoms with Crippen LogP contribution in [0, 0.1) is 5.82 Å². The van der Waals surface area contributed by atoms with Crippen LogP contribution in [-0.4, -0.2) is 23.3 Å². The SMILES string of the molecule is O=C1N(c2c(Cl)cccc2Cl)c2cc(C(F)(F)F)cc(-c3ccc(F)cc3Cl)c2CN1S(=O)(=O)O. The van der Waals surface area contributed by atoms with E-state index in [9.17, 15) is 35.3 Å². The number of alkyl halides is 3. The number of benzene rings is 3. The first-order valence-corrected chi connectivity index (χ1v) is 12.0. The van der Waals surface area contributed by atoms with Crippen molar-refractivity contribution in [1.29, 1.82) is 0 Å². The Bertz CT molecular complexity index is 1460. The molecule has 1 N–H and O–H groups in total. The molecule has 6 nitrogen and oxygen atoms in total. The van der Waals surface area contributed by atoms with Gasteiger partial charge in [-0.05, 0) is 48.0 Å². The van der Waals surface area contributed by atoms with Gasteiger partial charge >= 0.3 is 22.5 Å². The molecule has 3 aromatic rings. The highest BCUT2D eigenvalue weighted by atomic mass is 35.5. The highest BCUT2D eigenvalue weighted by Crippen LogP contribution is 2.48. The van der Waals surface area contributed by atoms with Crippen LogP contribution in [0.3, 0.4) is 0 Å². The fourth-order valence-electron chi connectivity index (χ4n) is 3.66. The Morgan fingerprint density at radius 3 is 2.09 bits per heavy atom. The van der Waals surface area contributed by atoms with E-state index in [0.717, 1.165) is 18.2 Å². The zero-order valence-electron chi connectivity index (χ0n) is 16.9. The Kier molecular flexibility index (Phi) is 6.43. The Morgan fingerprint density at radius 1 is 0.914 bits per heavy atom. The van der Waals surface area contributed by atoms with Gasteiger partial charge < -0.3 is 0 Å². The molecule has 0 bridgehead atoms. The van der Waals surface area contributed by atoms with Crippen molar-refractivity contribution in [3.05, 3.63) is 80.5 Å². The third kappa shape index (κ3) is 4.66. The lowest BCUT2D eigenvalue weighted by atomic mass is 9.93. The van der Waals surface area contributed by atoms with Gasteiger partial charge in [-0.15, -0.1) is 0 Å². The van der Waals surface area contributed by atoms with Crippen molar-refractivity contribution in [2.45, 2.75) is 12.7 Å². The van der Waals surface area contributed by atoms with E-state index in [1.54, 1.807) is 0 Å². The smallest absolute Gasteiger partial charge is 0.269 e. The lowest BCUT2D eigenvalue weighted by molar-refractivity contribution is -0.137. The van der Waals surface area contributed by atoms with Crippen LogP contribution >= 0.6 is 34.8 Å². The number of amides is 2. The van der Waals surface area contributed by atoms with Gasteiger partial charge in [0, 0.05) is 11.1 Å². The minimum Gasteiger partial charge on any atom is -0.269 e. The molecule has 35 heavy (non-hydrogen) atoms. The molecule has 0 atom stereocenters. The molecule has 0 aromatic heterocycles. The van der Waals surface area contributed by atoms with Crippen LogP contribution in [0.2, 0.25) is 15.1 Å². The van der Waals surface area contributed by atoms with Crippen LogP contribution in [0.5, 0.6) is 0 Å². The number of hydrogen-bond acceptors (Lipinski definition) is 3.